The Balaban J connectivity index is 1.42. The highest BCUT2D eigenvalue weighted by atomic mass is 16.5. The third-order valence-corrected chi connectivity index (χ3v) is 5.98. The van der Waals surface area contributed by atoms with Gasteiger partial charge in [0.1, 0.15) is 5.75 Å². The number of benzene rings is 2. The van der Waals surface area contributed by atoms with Gasteiger partial charge in [-0.3, -0.25) is 19.3 Å². The molecule has 1 aliphatic heterocycles. The summed E-state index contributed by atoms with van der Waals surface area (Å²) in [7, 11) is 1.62. The van der Waals surface area contributed by atoms with Crippen LogP contribution in [0.1, 0.15) is 53.3 Å². The molecule has 6 nitrogen and oxygen atoms in total. The van der Waals surface area contributed by atoms with Crippen molar-refractivity contribution in [2.45, 2.75) is 38.6 Å². The van der Waals surface area contributed by atoms with E-state index in [4.69, 9.17) is 4.74 Å². The fourth-order valence-electron chi connectivity index (χ4n) is 4.09. The number of ether oxygens (including phenoxy) is 1. The first-order chi connectivity index (χ1) is 14.5. The molecule has 0 radical (unpaired) electrons. The van der Waals surface area contributed by atoms with Gasteiger partial charge in [-0.25, -0.2) is 0 Å². The average Bonchev–Trinajstić information content (AvgIpc) is 3.59. The first-order valence-electron chi connectivity index (χ1n) is 10.4. The number of nitrogens with zero attached hydrogens (tertiary/aromatic N) is 2. The number of amides is 3. The quantitative estimate of drug-likeness (QED) is 0.624. The highest BCUT2D eigenvalue weighted by molar-refractivity contribution is 6.21. The Morgan fingerprint density at radius 2 is 1.67 bits per heavy atom. The molecular weight excluding hydrogens is 380 g/mol. The van der Waals surface area contributed by atoms with E-state index >= 15 is 0 Å². The van der Waals surface area contributed by atoms with E-state index in [1.54, 1.807) is 31.4 Å². The maximum atomic E-state index is 13.1. The van der Waals surface area contributed by atoms with E-state index in [2.05, 4.69) is 6.92 Å². The SMILES string of the molecule is COc1ccc(N(C(=O)CCCN2C(=O)c3ccccc3C2=O)C(C)C2CC2)cc1. The highest BCUT2D eigenvalue weighted by Gasteiger charge is 2.36. The lowest BCUT2D eigenvalue weighted by molar-refractivity contribution is -0.119. The molecule has 2 aliphatic rings. The van der Waals surface area contributed by atoms with Gasteiger partial charge in [0.05, 0.1) is 18.2 Å². The van der Waals surface area contributed by atoms with Crippen LogP contribution in [0.5, 0.6) is 5.75 Å². The number of hydrogen-bond acceptors (Lipinski definition) is 4. The predicted molar refractivity (Wildman–Crippen MR) is 114 cm³/mol. The van der Waals surface area contributed by atoms with Gasteiger partial charge in [-0.2, -0.15) is 0 Å². The summed E-state index contributed by atoms with van der Waals surface area (Å²) in [6, 6.07) is 14.5. The lowest BCUT2D eigenvalue weighted by atomic mass is 10.1. The summed E-state index contributed by atoms with van der Waals surface area (Å²) in [5, 5.41) is 0. The molecule has 0 spiro atoms. The van der Waals surface area contributed by atoms with Gasteiger partial charge >= 0.3 is 0 Å². The molecule has 1 atom stereocenters. The van der Waals surface area contributed by atoms with Crippen molar-refractivity contribution in [3.8, 4) is 5.75 Å². The van der Waals surface area contributed by atoms with E-state index in [1.165, 1.54) is 4.90 Å². The molecule has 1 unspecified atom stereocenters. The summed E-state index contributed by atoms with van der Waals surface area (Å²) in [4.78, 5) is 41.2. The van der Waals surface area contributed by atoms with Crippen molar-refractivity contribution in [2.75, 3.05) is 18.6 Å². The van der Waals surface area contributed by atoms with Gasteiger partial charge in [-0.15, -0.1) is 0 Å². The molecule has 4 rings (SSSR count). The number of rotatable bonds is 8. The second kappa shape index (κ2) is 8.30. The van der Waals surface area contributed by atoms with Gasteiger partial charge in [0.15, 0.2) is 0 Å². The first kappa shape index (κ1) is 20.1. The summed E-state index contributed by atoms with van der Waals surface area (Å²) in [5.41, 5.74) is 1.73. The van der Waals surface area contributed by atoms with Gasteiger partial charge in [0.25, 0.3) is 11.8 Å². The molecule has 0 bridgehead atoms. The molecule has 0 saturated heterocycles. The van der Waals surface area contributed by atoms with Crippen LogP contribution in [0.4, 0.5) is 5.69 Å². The van der Waals surface area contributed by atoms with Crippen molar-refractivity contribution in [1.29, 1.82) is 0 Å². The minimum atomic E-state index is -0.276. The number of carbonyl (C=O) groups excluding carboxylic acids is 3. The van der Waals surface area contributed by atoms with Crippen molar-refractivity contribution in [3.05, 3.63) is 59.7 Å². The summed E-state index contributed by atoms with van der Waals surface area (Å²) < 4.78 is 5.23. The van der Waals surface area contributed by atoms with E-state index < -0.39 is 0 Å². The Morgan fingerprint density at radius 3 is 2.20 bits per heavy atom. The van der Waals surface area contributed by atoms with Gasteiger partial charge < -0.3 is 9.64 Å². The Kier molecular flexibility index (Phi) is 5.57. The number of methoxy groups -OCH3 is 1. The van der Waals surface area contributed by atoms with Crippen LogP contribution < -0.4 is 9.64 Å². The Hall–Kier alpha value is -3.15. The van der Waals surface area contributed by atoms with Crippen LogP contribution in [-0.4, -0.2) is 42.3 Å². The smallest absolute Gasteiger partial charge is 0.261 e. The standard InChI is InChI=1S/C24H26N2O4/c1-16(17-9-10-17)26(18-11-13-19(30-2)14-12-18)22(27)8-5-15-25-23(28)20-6-3-4-7-21(20)24(25)29/h3-4,6-7,11-14,16-17H,5,8-10,15H2,1-2H3. The monoisotopic (exact) mass is 406 g/mol. The van der Waals surface area contributed by atoms with Crippen LogP contribution in [0.15, 0.2) is 48.5 Å². The van der Waals surface area contributed by atoms with Gasteiger partial charge in [0, 0.05) is 24.7 Å². The second-order valence-corrected chi connectivity index (χ2v) is 7.95. The maximum Gasteiger partial charge on any atom is 0.261 e. The predicted octanol–water partition coefficient (Wildman–Crippen LogP) is 3.90. The van der Waals surface area contributed by atoms with Gasteiger partial charge in [0.2, 0.25) is 5.91 Å². The first-order valence-corrected chi connectivity index (χ1v) is 10.4. The number of anilines is 1. The van der Waals surface area contributed by atoms with E-state index in [0.717, 1.165) is 24.3 Å². The number of fused-ring (bicyclic) bond motifs is 1. The fraction of sp³-hybridized carbons (Fsp3) is 0.375. The van der Waals surface area contributed by atoms with Crippen LogP contribution >= 0.6 is 0 Å². The largest absolute Gasteiger partial charge is 0.497 e. The van der Waals surface area contributed by atoms with E-state index in [0.29, 0.717) is 23.5 Å². The minimum absolute atomic E-state index is 0.0103. The normalized spacial score (nSPS) is 16.4. The fourth-order valence-corrected chi connectivity index (χ4v) is 4.09. The molecule has 30 heavy (non-hydrogen) atoms. The molecule has 1 heterocycles. The molecule has 0 aromatic heterocycles. The summed E-state index contributed by atoms with van der Waals surface area (Å²) in [6.07, 6.45) is 2.98. The van der Waals surface area contributed by atoms with Gasteiger partial charge in [-0.1, -0.05) is 12.1 Å². The zero-order valence-electron chi connectivity index (χ0n) is 17.3. The van der Waals surface area contributed by atoms with E-state index in [1.807, 2.05) is 29.2 Å². The van der Waals surface area contributed by atoms with Crippen LogP contribution in [0.2, 0.25) is 0 Å². The molecule has 6 heteroatoms. The Morgan fingerprint density at radius 1 is 1.07 bits per heavy atom. The summed E-state index contributed by atoms with van der Waals surface area (Å²) >= 11 is 0. The molecule has 156 valence electrons. The van der Waals surface area contributed by atoms with Gasteiger partial charge in [-0.05, 0) is 68.5 Å². The highest BCUT2D eigenvalue weighted by Crippen LogP contribution is 2.37. The zero-order chi connectivity index (χ0) is 21.3. The maximum absolute atomic E-state index is 13.1. The zero-order valence-corrected chi connectivity index (χ0v) is 17.3. The number of carbonyl (C=O) groups is 3. The Labute approximate surface area is 176 Å². The van der Waals surface area contributed by atoms with Crippen LogP contribution in [0.3, 0.4) is 0 Å². The van der Waals surface area contributed by atoms with E-state index in [9.17, 15) is 14.4 Å². The van der Waals surface area contributed by atoms with E-state index in [-0.39, 0.29) is 36.7 Å². The summed E-state index contributed by atoms with van der Waals surface area (Å²) in [6.45, 7) is 2.33. The van der Waals surface area contributed by atoms with Crippen molar-refractivity contribution >= 4 is 23.4 Å². The van der Waals surface area contributed by atoms with Crippen molar-refractivity contribution in [3.63, 3.8) is 0 Å². The number of imide groups is 1. The molecular formula is C24H26N2O4. The van der Waals surface area contributed by atoms with Crippen LogP contribution in [0.25, 0.3) is 0 Å². The van der Waals surface area contributed by atoms with Crippen LogP contribution in [-0.2, 0) is 4.79 Å². The third-order valence-electron chi connectivity index (χ3n) is 5.98. The molecule has 1 aliphatic carbocycles. The molecule has 0 N–H and O–H groups in total. The topological polar surface area (TPSA) is 66.9 Å². The third kappa shape index (κ3) is 3.82. The van der Waals surface area contributed by atoms with Crippen molar-refractivity contribution < 1.29 is 19.1 Å². The summed E-state index contributed by atoms with van der Waals surface area (Å²) in [5.74, 6) is 0.724. The second-order valence-electron chi connectivity index (χ2n) is 7.95. The minimum Gasteiger partial charge on any atom is -0.497 e. The average molecular weight is 406 g/mol. The Bertz CT molecular complexity index is 930. The molecule has 3 amide bonds. The molecule has 1 saturated carbocycles. The lowest BCUT2D eigenvalue weighted by Crippen LogP contribution is -2.40. The van der Waals surface area contributed by atoms with Crippen LogP contribution in [0, 0.1) is 5.92 Å². The number of hydrogen-bond donors (Lipinski definition) is 0. The lowest BCUT2D eigenvalue weighted by Gasteiger charge is -2.30. The van der Waals surface area contributed by atoms with Crippen molar-refractivity contribution in [1.82, 2.24) is 4.90 Å². The molecule has 2 aromatic carbocycles. The molecule has 2 aromatic rings. The van der Waals surface area contributed by atoms with Crippen molar-refractivity contribution in [2.24, 2.45) is 5.92 Å². The molecule has 1 fully saturated rings.